The van der Waals surface area contributed by atoms with Crippen LogP contribution in [-0.4, -0.2) is 35.1 Å². The maximum absolute atomic E-state index is 14.1. The Hall–Kier alpha value is -4.57. The van der Waals surface area contributed by atoms with Gasteiger partial charge in [-0.2, -0.15) is 0 Å². The first-order chi connectivity index (χ1) is 20.3. The van der Waals surface area contributed by atoms with Gasteiger partial charge in [0.1, 0.15) is 5.75 Å². The topological polar surface area (TPSA) is 93.3 Å². The molecule has 0 N–H and O–H groups in total. The molecule has 0 fully saturated rings. The quantitative estimate of drug-likeness (QED) is 0.300. The third-order valence-electron chi connectivity index (χ3n) is 7.40. The number of nitrogens with zero attached hydrogens (tertiary/aromatic N) is 3. The lowest BCUT2D eigenvalue weighted by Crippen LogP contribution is -2.39. The summed E-state index contributed by atoms with van der Waals surface area (Å²) >= 11 is 1.30. The predicted octanol–water partition coefficient (Wildman–Crippen LogP) is 4.33. The largest absolute Gasteiger partial charge is 0.494 e. The van der Waals surface area contributed by atoms with Gasteiger partial charge in [-0.05, 0) is 82.2 Å². The zero-order valence-corrected chi connectivity index (χ0v) is 24.9. The fraction of sp³-hybridized carbons (Fsp3) is 0.281. The van der Waals surface area contributed by atoms with E-state index in [0.717, 1.165) is 34.0 Å². The summed E-state index contributed by atoms with van der Waals surface area (Å²) in [5, 5.41) is 0. The van der Waals surface area contributed by atoms with Crippen molar-refractivity contribution in [2.45, 2.75) is 40.7 Å². The number of carbonyl (C=O) groups is 1. The molecule has 4 aromatic rings. The van der Waals surface area contributed by atoms with Gasteiger partial charge in [0.2, 0.25) is 6.79 Å². The molecule has 0 bridgehead atoms. The van der Waals surface area contributed by atoms with Crippen molar-refractivity contribution in [3.63, 3.8) is 0 Å². The van der Waals surface area contributed by atoms with Crippen LogP contribution in [0.5, 0.6) is 17.2 Å². The van der Waals surface area contributed by atoms with Crippen molar-refractivity contribution in [1.82, 2.24) is 9.13 Å². The summed E-state index contributed by atoms with van der Waals surface area (Å²) < 4.78 is 26.3. The van der Waals surface area contributed by atoms with Crippen LogP contribution in [-0.2, 0) is 9.53 Å². The fourth-order valence-electron chi connectivity index (χ4n) is 5.52. The highest BCUT2D eigenvalue weighted by atomic mass is 32.1. The van der Waals surface area contributed by atoms with E-state index >= 15 is 0 Å². The van der Waals surface area contributed by atoms with Crippen LogP contribution in [0.15, 0.2) is 69.6 Å². The summed E-state index contributed by atoms with van der Waals surface area (Å²) in [5.74, 6) is 1.66. The molecule has 1 unspecified atom stereocenters. The minimum atomic E-state index is -0.681. The van der Waals surface area contributed by atoms with Crippen molar-refractivity contribution in [3.8, 4) is 22.9 Å². The number of esters is 1. The molecular weight excluding hydrogens is 554 g/mol. The van der Waals surface area contributed by atoms with Crippen LogP contribution >= 0.6 is 11.3 Å². The predicted molar refractivity (Wildman–Crippen MR) is 159 cm³/mol. The second-order valence-electron chi connectivity index (χ2n) is 10.0. The SMILES string of the molecule is CCOC(=O)C1=C(C)N=c2s/c(=C\c3cc(C)n(-c4ccc5c(c4)OCO5)c3C)c(=O)n2C1c1ccc(OCC)cc1. The van der Waals surface area contributed by atoms with Gasteiger partial charge in [-0.25, -0.2) is 9.79 Å². The Bertz CT molecular complexity index is 1910. The molecule has 42 heavy (non-hydrogen) atoms. The first-order valence-electron chi connectivity index (χ1n) is 13.8. The maximum atomic E-state index is 14.1. The number of rotatable bonds is 7. The number of ether oxygens (including phenoxy) is 4. The van der Waals surface area contributed by atoms with Crippen LogP contribution in [0.2, 0.25) is 0 Å². The van der Waals surface area contributed by atoms with E-state index in [1.165, 1.54) is 11.3 Å². The molecule has 0 saturated carbocycles. The van der Waals surface area contributed by atoms with Crippen LogP contribution < -0.4 is 29.1 Å². The van der Waals surface area contributed by atoms with E-state index < -0.39 is 12.0 Å². The fourth-order valence-corrected chi connectivity index (χ4v) is 6.55. The minimum absolute atomic E-state index is 0.212. The minimum Gasteiger partial charge on any atom is -0.494 e. The molecule has 10 heteroatoms. The Labute approximate surface area is 246 Å². The number of fused-ring (bicyclic) bond motifs is 2. The molecule has 2 aliphatic heterocycles. The van der Waals surface area contributed by atoms with E-state index in [0.29, 0.717) is 38.7 Å². The molecule has 0 saturated heterocycles. The summed E-state index contributed by atoms with van der Waals surface area (Å²) in [5.41, 5.74) is 5.27. The second-order valence-corrected chi connectivity index (χ2v) is 11.0. The van der Waals surface area contributed by atoms with Gasteiger partial charge in [-0.3, -0.25) is 9.36 Å². The van der Waals surface area contributed by atoms with Gasteiger partial charge in [0.25, 0.3) is 5.56 Å². The van der Waals surface area contributed by atoms with Gasteiger partial charge in [0, 0.05) is 23.1 Å². The number of hydrogen-bond donors (Lipinski definition) is 0. The Kier molecular flexibility index (Phi) is 7.24. The molecule has 216 valence electrons. The molecule has 2 aliphatic rings. The number of allylic oxidation sites excluding steroid dienone is 1. The van der Waals surface area contributed by atoms with Crippen molar-refractivity contribution in [1.29, 1.82) is 0 Å². The Morgan fingerprint density at radius 2 is 1.81 bits per heavy atom. The van der Waals surface area contributed by atoms with E-state index in [1.54, 1.807) is 18.4 Å². The van der Waals surface area contributed by atoms with E-state index in [2.05, 4.69) is 15.6 Å². The maximum Gasteiger partial charge on any atom is 0.338 e. The third-order valence-corrected chi connectivity index (χ3v) is 8.38. The Morgan fingerprint density at radius 1 is 1.05 bits per heavy atom. The van der Waals surface area contributed by atoms with Crippen LogP contribution in [0.1, 0.15) is 49.3 Å². The van der Waals surface area contributed by atoms with Gasteiger partial charge in [0.05, 0.1) is 35.1 Å². The monoisotopic (exact) mass is 585 g/mol. The molecular formula is C32H31N3O6S. The Balaban J connectivity index is 1.47. The standard InChI is InChI=1S/C32H31N3O6S/c1-6-38-24-11-8-21(9-12-24)29-28(31(37)39-7-2)19(4)33-32-35(29)30(36)27(42-32)15-22-14-18(3)34(20(22)5)23-10-13-25-26(16-23)41-17-40-25/h8-16,29H,6-7,17H2,1-5H3/b27-15-. The van der Waals surface area contributed by atoms with E-state index in [1.807, 2.05) is 69.3 Å². The highest BCUT2D eigenvalue weighted by molar-refractivity contribution is 7.07. The molecule has 0 aliphatic carbocycles. The van der Waals surface area contributed by atoms with Gasteiger partial charge in [-0.1, -0.05) is 23.5 Å². The summed E-state index contributed by atoms with van der Waals surface area (Å²) in [7, 11) is 0. The van der Waals surface area contributed by atoms with Crippen molar-refractivity contribution < 1.29 is 23.7 Å². The van der Waals surface area contributed by atoms with Crippen molar-refractivity contribution in [3.05, 3.63) is 102 Å². The third kappa shape index (κ3) is 4.71. The summed E-state index contributed by atoms with van der Waals surface area (Å²) in [6.45, 7) is 10.5. The first kappa shape index (κ1) is 27.6. The molecule has 0 radical (unpaired) electrons. The van der Waals surface area contributed by atoms with Crippen molar-refractivity contribution in [2.24, 2.45) is 4.99 Å². The van der Waals surface area contributed by atoms with Crippen LogP contribution in [0.4, 0.5) is 0 Å². The van der Waals surface area contributed by atoms with Gasteiger partial charge in [0.15, 0.2) is 16.3 Å². The molecule has 9 nitrogen and oxygen atoms in total. The lowest BCUT2D eigenvalue weighted by molar-refractivity contribution is -0.139. The van der Waals surface area contributed by atoms with E-state index in [-0.39, 0.29) is 19.0 Å². The average Bonchev–Trinajstić information content (AvgIpc) is 3.64. The Morgan fingerprint density at radius 3 is 2.55 bits per heavy atom. The van der Waals surface area contributed by atoms with Crippen LogP contribution in [0.25, 0.3) is 11.8 Å². The zero-order valence-electron chi connectivity index (χ0n) is 24.1. The number of aryl methyl sites for hydroxylation is 1. The summed E-state index contributed by atoms with van der Waals surface area (Å²) in [6.07, 6.45) is 1.90. The van der Waals surface area contributed by atoms with Crippen molar-refractivity contribution in [2.75, 3.05) is 20.0 Å². The van der Waals surface area contributed by atoms with Gasteiger partial charge < -0.3 is 23.5 Å². The highest BCUT2D eigenvalue weighted by Crippen LogP contribution is 2.35. The average molecular weight is 586 g/mol. The van der Waals surface area contributed by atoms with Gasteiger partial charge >= 0.3 is 5.97 Å². The molecule has 2 aromatic heterocycles. The van der Waals surface area contributed by atoms with E-state index in [9.17, 15) is 9.59 Å². The zero-order chi connectivity index (χ0) is 29.5. The van der Waals surface area contributed by atoms with Crippen molar-refractivity contribution >= 4 is 23.4 Å². The second kappa shape index (κ2) is 11.0. The lowest BCUT2D eigenvalue weighted by atomic mass is 9.96. The number of aromatic nitrogens is 2. The van der Waals surface area contributed by atoms with E-state index in [4.69, 9.17) is 18.9 Å². The normalized spacial score (nSPS) is 15.9. The molecule has 6 rings (SSSR count). The highest BCUT2D eigenvalue weighted by Gasteiger charge is 2.33. The molecule has 0 spiro atoms. The number of thiazole rings is 1. The molecule has 1 atom stereocenters. The summed E-state index contributed by atoms with van der Waals surface area (Å²) in [4.78, 5) is 32.4. The number of hydrogen-bond acceptors (Lipinski definition) is 8. The number of carbonyl (C=O) groups excluding carboxylic acids is 1. The van der Waals surface area contributed by atoms with Gasteiger partial charge in [-0.15, -0.1) is 0 Å². The molecule has 0 amide bonds. The number of benzene rings is 2. The van der Waals surface area contributed by atoms with Crippen LogP contribution in [0, 0.1) is 13.8 Å². The first-order valence-corrected chi connectivity index (χ1v) is 14.6. The van der Waals surface area contributed by atoms with Crippen LogP contribution in [0.3, 0.4) is 0 Å². The smallest absolute Gasteiger partial charge is 0.338 e. The molecule has 2 aromatic carbocycles. The lowest BCUT2D eigenvalue weighted by Gasteiger charge is -2.24. The molecule has 4 heterocycles. The summed E-state index contributed by atoms with van der Waals surface area (Å²) in [6, 6.07) is 14.7.